The summed E-state index contributed by atoms with van der Waals surface area (Å²) in [6, 6.07) is 13.3. The zero-order valence-corrected chi connectivity index (χ0v) is 13.7. The molecule has 0 spiro atoms. The Labute approximate surface area is 142 Å². The van der Waals surface area contributed by atoms with Gasteiger partial charge in [0.05, 0.1) is 30.3 Å². The van der Waals surface area contributed by atoms with Gasteiger partial charge in [-0.2, -0.15) is 5.26 Å². The maximum absolute atomic E-state index is 12.9. The van der Waals surface area contributed by atoms with E-state index in [2.05, 4.69) is 6.07 Å². The number of fused-ring (bicyclic) bond motifs is 1. The van der Waals surface area contributed by atoms with Gasteiger partial charge in [0, 0.05) is 16.6 Å². The van der Waals surface area contributed by atoms with E-state index in [0.717, 1.165) is 10.1 Å². The maximum Gasteiger partial charge on any atom is 0.265 e. The van der Waals surface area contributed by atoms with Gasteiger partial charge in [0.1, 0.15) is 10.6 Å². The minimum Gasteiger partial charge on any atom is -0.467 e. The summed E-state index contributed by atoms with van der Waals surface area (Å²) in [5.74, 6) is 0.497. The molecular weight excluding hydrogens is 332 g/mol. The molecule has 1 amide bonds. The standard InChI is InChI=1S/C17H13ClN2O2S/c18-15-13-6-1-2-7-14(13)23-16(15)17(21)20(9-4-8-19)11-12-5-3-10-22-12/h1-3,5-7,10H,4,9,11H2. The van der Waals surface area contributed by atoms with Crippen molar-refractivity contribution in [2.45, 2.75) is 13.0 Å². The molecule has 116 valence electrons. The van der Waals surface area contributed by atoms with E-state index in [1.165, 1.54) is 11.3 Å². The molecule has 0 saturated heterocycles. The summed E-state index contributed by atoms with van der Waals surface area (Å²) in [5, 5.41) is 10.2. The minimum absolute atomic E-state index is 0.178. The van der Waals surface area contributed by atoms with Crippen LogP contribution in [0.2, 0.25) is 5.02 Å². The Hall–Kier alpha value is -2.29. The molecule has 0 aliphatic heterocycles. The van der Waals surface area contributed by atoms with E-state index in [1.54, 1.807) is 23.3 Å². The Balaban J connectivity index is 1.92. The van der Waals surface area contributed by atoms with Gasteiger partial charge < -0.3 is 9.32 Å². The van der Waals surface area contributed by atoms with Crippen LogP contribution < -0.4 is 0 Å². The van der Waals surface area contributed by atoms with Crippen LogP contribution in [0, 0.1) is 11.3 Å². The molecule has 1 aromatic carbocycles. The number of thiophene rings is 1. The Kier molecular flexibility index (Phi) is 4.65. The fourth-order valence-corrected chi connectivity index (χ4v) is 3.80. The van der Waals surface area contributed by atoms with Crippen LogP contribution in [0.25, 0.3) is 10.1 Å². The summed E-state index contributed by atoms with van der Waals surface area (Å²) in [6.07, 6.45) is 1.82. The monoisotopic (exact) mass is 344 g/mol. The van der Waals surface area contributed by atoms with Crippen LogP contribution in [0.3, 0.4) is 0 Å². The van der Waals surface area contributed by atoms with Crippen molar-refractivity contribution in [1.82, 2.24) is 4.90 Å². The van der Waals surface area contributed by atoms with Gasteiger partial charge in [-0.05, 0) is 18.2 Å². The highest BCUT2D eigenvalue weighted by atomic mass is 35.5. The smallest absolute Gasteiger partial charge is 0.265 e. The molecule has 6 heteroatoms. The largest absolute Gasteiger partial charge is 0.467 e. The number of carbonyl (C=O) groups is 1. The first-order valence-corrected chi connectivity index (χ1v) is 8.26. The molecule has 3 aromatic rings. The van der Waals surface area contributed by atoms with Gasteiger partial charge in [-0.3, -0.25) is 4.79 Å². The van der Waals surface area contributed by atoms with Crippen LogP contribution in [-0.4, -0.2) is 17.4 Å². The van der Waals surface area contributed by atoms with E-state index >= 15 is 0 Å². The van der Waals surface area contributed by atoms with Gasteiger partial charge in [0.2, 0.25) is 0 Å². The number of hydrogen-bond donors (Lipinski definition) is 0. The molecule has 2 aromatic heterocycles. The number of furan rings is 1. The van der Waals surface area contributed by atoms with Gasteiger partial charge in [0.25, 0.3) is 5.91 Å². The third-order valence-corrected chi connectivity index (χ3v) is 5.10. The number of rotatable bonds is 5. The van der Waals surface area contributed by atoms with E-state index in [4.69, 9.17) is 21.3 Å². The van der Waals surface area contributed by atoms with Crippen LogP contribution in [0.4, 0.5) is 0 Å². The summed E-state index contributed by atoms with van der Waals surface area (Å²) in [7, 11) is 0. The van der Waals surface area contributed by atoms with Crippen molar-refractivity contribution in [2.24, 2.45) is 0 Å². The predicted molar refractivity (Wildman–Crippen MR) is 90.5 cm³/mol. The van der Waals surface area contributed by atoms with E-state index in [-0.39, 0.29) is 12.3 Å². The summed E-state index contributed by atoms with van der Waals surface area (Å²) in [6.45, 7) is 0.651. The normalized spacial score (nSPS) is 10.6. The fourth-order valence-electron chi connectivity index (χ4n) is 2.32. The lowest BCUT2D eigenvalue weighted by molar-refractivity contribution is 0.0740. The van der Waals surface area contributed by atoms with Gasteiger partial charge >= 0.3 is 0 Å². The van der Waals surface area contributed by atoms with Crippen LogP contribution in [0.5, 0.6) is 0 Å². The number of benzene rings is 1. The third-order valence-electron chi connectivity index (χ3n) is 3.44. The van der Waals surface area contributed by atoms with Crippen LogP contribution in [0.15, 0.2) is 47.1 Å². The molecule has 0 saturated carbocycles. The molecule has 0 N–H and O–H groups in total. The molecule has 0 aliphatic rings. The maximum atomic E-state index is 12.9. The minimum atomic E-state index is -0.178. The lowest BCUT2D eigenvalue weighted by Gasteiger charge is -2.19. The van der Waals surface area contributed by atoms with Gasteiger partial charge in [-0.15, -0.1) is 11.3 Å². The first-order chi connectivity index (χ1) is 11.2. The number of nitrogens with zero attached hydrogens (tertiary/aromatic N) is 2. The Morgan fingerprint density at radius 1 is 1.30 bits per heavy atom. The zero-order chi connectivity index (χ0) is 16.2. The third kappa shape index (κ3) is 3.24. The summed E-state index contributed by atoms with van der Waals surface area (Å²) in [5.41, 5.74) is 0. The fraction of sp³-hybridized carbons (Fsp3) is 0.176. The predicted octanol–water partition coefficient (Wildman–Crippen LogP) is 4.70. The number of nitriles is 1. The summed E-state index contributed by atoms with van der Waals surface area (Å²) < 4.78 is 6.28. The second kappa shape index (κ2) is 6.86. The van der Waals surface area contributed by atoms with Gasteiger partial charge in [0.15, 0.2) is 0 Å². The number of amides is 1. The van der Waals surface area contributed by atoms with E-state index in [9.17, 15) is 4.79 Å². The van der Waals surface area contributed by atoms with E-state index in [1.807, 2.05) is 24.3 Å². The van der Waals surface area contributed by atoms with E-state index < -0.39 is 0 Å². The van der Waals surface area contributed by atoms with Crippen molar-refractivity contribution in [3.05, 3.63) is 58.3 Å². The quantitative estimate of drug-likeness (QED) is 0.673. The molecule has 0 aliphatic carbocycles. The summed E-state index contributed by atoms with van der Waals surface area (Å²) >= 11 is 7.76. The second-order valence-electron chi connectivity index (χ2n) is 4.96. The SMILES string of the molecule is N#CCCN(Cc1ccco1)C(=O)c1sc2ccccc2c1Cl. The first-order valence-electron chi connectivity index (χ1n) is 7.06. The molecule has 3 rings (SSSR count). The number of halogens is 1. The van der Waals surface area contributed by atoms with Crippen molar-refractivity contribution in [2.75, 3.05) is 6.54 Å². The van der Waals surface area contributed by atoms with E-state index in [0.29, 0.717) is 28.7 Å². The van der Waals surface area contributed by atoms with Gasteiger partial charge in [-0.1, -0.05) is 29.8 Å². The molecule has 0 radical (unpaired) electrons. The molecule has 0 bridgehead atoms. The van der Waals surface area contributed by atoms with Crippen molar-refractivity contribution < 1.29 is 9.21 Å². The van der Waals surface area contributed by atoms with Crippen molar-refractivity contribution in [1.29, 1.82) is 5.26 Å². The first kappa shape index (κ1) is 15.6. The highest BCUT2D eigenvalue weighted by Crippen LogP contribution is 2.36. The summed E-state index contributed by atoms with van der Waals surface area (Å²) in [4.78, 5) is 15.0. The molecular formula is C17H13ClN2O2S. The van der Waals surface area contributed by atoms with Crippen LogP contribution in [0.1, 0.15) is 21.9 Å². The second-order valence-corrected chi connectivity index (χ2v) is 6.39. The number of carbonyl (C=O) groups excluding carboxylic acids is 1. The lowest BCUT2D eigenvalue weighted by Crippen LogP contribution is -2.30. The highest BCUT2D eigenvalue weighted by molar-refractivity contribution is 7.21. The number of hydrogen-bond acceptors (Lipinski definition) is 4. The van der Waals surface area contributed by atoms with Crippen LogP contribution in [-0.2, 0) is 6.54 Å². The van der Waals surface area contributed by atoms with Crippen molar-refractivity contribution in [3.8, 4) is 6.07 Å². The Morgan fingerprint density at radius 3 is 2.83 bits per heavy atom. The molecule has 4 nitrogen and oxygen atoms in total. The zero-order valence-electron chi connectivity index (χ0n) is 12.2. The molecule has 0 unspecified atom stereocenters. The highest BCUT2D eigenvalue weighted by Gasteiger charge is 2.23. The Morgan fingerprint density at radius 2 is 2.13 bits per heavy atom. The average Bonchev–Trinajstić information content (AvgIpc) is 3.19. The topological polar surface area (TPSA) is 57.2 Å². The van der Waals surface area contributed by atoms with Crippen molar-refractivity contribution in [3.63, 3.8) is 0 Å². The average molecular weight is 345 g/mol. The lowest BCUT2D eigenvalue weighted by atomic mass is 10.2. The van der Waals surface area contributed by atoms with Gasteiger partial charge in [-0.25, -0.2) is 0 Å². The molecule has 0 atom stereocenters. The van der Waals surface area contributed by atoms with Crippen molar-refractivity contribution >= 4 is 38.9 Å². The molecule has 23 heavy (non-hydrogen) atoms. The Bertz CT molecular complexity index is 864. The molecule has 0 fully saturated rings. The molecule has 2 heterocycles. The van der Waals surface area contributed by atoms with Crippen LogP contribution >= 0.6 is 22.9 Å².